The molecule has 1 rings (SSSR count). The van der Waals surface area contributed by atoms with Gasteiger partial charge in [0, 0.05) is 11.1 Å². The summed E-state index contributed by atoms with van der Waals surface area (Å²) in [7, 11) is 0. The van der Waals surface area contributed by atoms with Crippen LogP contribution in [0.4, 0.5) is 0 Å². The number of hydrogen-bond donors (Lipinski definition) is 2. The molecule has 0 radical (unpaired) electrons. The molecule has 1 aromatic rings. The highest BCUT2D eigenvalue weighted by Gasteiger charge is 2.15. The minimum atomic E-state index is -0.253. The summed E-state index contributed by atoms with van der Waals surface area (Å²) in [6.45, 7) is 6.76. The highest BCUT2D eigenvalue weighted by molar-refractivity contribution is 7.97. The minimum Gasteiger partial charge on any atom is -0.491 e. The van der Waals surface area contributed by atoms with Crippen LogP contribution in [0.25, 0.3) is 0 Å². The molecule has 106 valence electrons. The lowest BCUT2D eigenvalue weighted by Gasteiger charge is -2.16. The van der Waals surface area contributed by atoms with E-state index in [1.165, 1.54) is 0 Å². The van der Waals surface area contributed by atoms with Crippen molar-refractivity contribution >= 4 is 17.7 Å². The molecular formula is C14H20O4S. The van der Waals surface area contributed by atoms with Crippen molar-refractivity contribution in [3.05, 3.63) is 28.3 Å². The maximum absolute atomic E-state index is 11.5. The lowest BCUT2D eigenvalue weighted by atomic mass is 9.99. The first kappa shape index (κ1) is 16.0. The summed E-state index contributed by atoms with van der Waals surface area (Å²) in [5.41, 5.74) is 3.29. The van der Waals surface area contributed by atoms with Crippen molar-refractivity contribution in [2.24, 2.45) is 0 Å². The fourth-order valence-electron chi connectivity index (χ4n) is 2.09. The van der Waals surface area contributed by atoms with Gasteiger partial charge in [0.05, 0.1) is 19.8 Å². The molecule has 0 heterocycles. The summed E-state index contributed by atoms with van der Waals surface area (Å²) in [5, 5.41) is 8.33. The van der Waals surface area contributed by atoms with Crippen molar-refractivity contribution in [3.8, 4) is 5.75 Å². The molecule has 0 aromatic heterocycles. The standard InChI is InChI=1S/C14H20O4S/c1-9-8-10(2)13(11(3)12(9)14(16)19)18-7-6-17-5-4-15/h8,15H,4-7H2,1-3H3,(H,16,19). The number of carbonyl (C=O) groups excluding carboxylic acids is 1. The number of benzene rings is 1. The molecule has 5 heteroatoms. The topological polar surface area (TPSA) is 55.8 Å². The van der Waals surface area contributed by atoms with Gasteiger partial charge in [-0.3, -0.25) is 4.79 Å². The van der Waals surface area contributed by atoms with E-state index in [1.807, 2.05) is 26.8 Å². The van der Waals surface area contributed by atoms with E-state index < -0.39 is 0 Å². The third-order valence-electron chi connectivity index (χ3n) is 2.82. The van der Waals surface area contributed by atoms with Crippen molar-refractivity contribution in [2.75, 3.05) is 26.4 Å². The number of aliphatic hydroxyl groups is 1. The van der Waals surface area contributed by atoms with Crippen LogP contribution in [-0.4, -0.2) is 36.6 Å². The Balaban J connectivity index is 2.83. The Morgan fingerprint density at radius 2 is 1.89 bits per heavy atom. The molecule has 0 saturated heterocycles. The van der Waals surface area contributed by atoms with E-state index in [1.54, 1.807) is 0 Å². The predicted octanol–water partition coefficient (Wildman–Crippen LogP) is 2.07. The van der Waals surface area contributed by atoms with Gasteiger partial charge in [0.15, 0.2) is 0 Å². The van der Waals surface area contributed by atoms with Crippen LogP contribution < -0.4 is 4.74 Å². The lowest BCUT2D eigenvalue weighted by molar-refractivity contribution is 0.0702. The Morgan fingerprint density at radius 3 is 2.47 bits per heavy atom. The van der Waals surface area contributed by atoms with Gasteiger partial charge in [-0.1, -0.05) is 6.07 Å². The smallest absolute Gasteiger partial charge is 0.217 e. The third-order valence-corrected chi connectivity index (χ3v) is 3.05. The Kier molecular flexibility index (Phi) is 6.34. The number of hydrogen-bond acceptors (Lipinski definition) is 4. The first-order chi connectivity index (χ1) is 8.99. The molecule has 0 saturated carbocycles. The molecule has 0 atom stereocenters. The molecule has 0 unspecified atom stereocenters. The minimum absolute atomic E-state index is 0.000883. The van der Waals surface area contributed by atoms with Crippen molar-refractivity contribution < 1.29 is 19.4 Å². The average Bonchev–Trinajstić information content (AvgIpc) is 2.31. The molecular weight excluding hydrogens is 264 g/mol. The van der Waals surface area contributed by atoms with E-state index in [9.17, 15) is 4.79 Å². The zero-order valence-electron chi connectivity index (χ0n) is 11.5. The highest BCUT2D eigenvalue weighted by Crippen LogP contribution is 2.29. The second-order valence-corrected chi connectivity index (χ2v) is 4.74. The summed E-state index contributed by atoms with van der Waals surface area (Å²) >= 11 is 3.90. The quantitative estimate of drug-likeness (QED) is 0.594. The van der Waals surface area contributed by atoms with Crippen molar-refractivity contribution in [1.82, 2.24) is 0 Å². The van der Waals surface area contributed by atoms with Gasteiger partial charge in [-0.2, -0.15) is 0 Å². The number of aliphatic hydroxyl groups excluding tert-OH is 1. The van der Waals surface area contributed by atoms with Crippen LogP contribution >= 0.6 is 12.6 Å². The largest absolute Gasteiger partial charge is 0.491 e. The van der Waals surface area contributed by atoms with Crippen LogP contribution in [0.15, 0.2) is 6.07 Å². The van der Waals surface area contributed by atoms with E-state index in [0.717, 1.165) is 16.7 Å². The molecule has 0 amide bonds. The Morgan fingerprint density at radius 1 is 1.21 bits per heavy atom. The van der Waals surface area contributed by atoms with Crippen LogP contribution in [0.2, 0.25) is 0 Å². The fraction of sp³-hybridized carbons (Fsp3) is 0.500. The van der Waals surface area contributed by atoms with Gasteiger partial charge in [0.1, 0.15) is 12.4 Å². The van der Waals surface area contributed by atoms with Gasteiger partial charge in [-0.15, -0.1) is 12.6 Å². The molecule has 19 heavy (non-hydrogen) atoms. The van der Waals surface area contributed by atoms with Gasteiger partial charge in [0.2, 0.25) is 5.12 Å². The van der Waals surface area contributed by atoms with E-state index in [0.29, 0.717) is 31.1 Å². The van der Waals surface area contributed by atoms with E-state index in [2.05, 4.69) is 12.6 Å². The zero-order chi connectivity index (χ0) is 14.4. The molecule has 4 nitrogen and oxygen atoms in total. The van der Waals surface area contributed by atoms with Crippen LogP contribution in [0.5, 0.6) is 5.75 Å². The number of carbonyl (C=O) groups is 1. The van der Waals surface area contributed by atoms with Crippen LogP contribution in [0.1, 0.15) is 27.0 Å². The van der Waals surface area contributed by atoms with E-state index >= 15 is 0 Å². The van der Waals surface area contributed by atoms with Crippen molar-refractivity contribution in [3.63, 3.8) is 0 Å². The fourth-order valence-corrected chi connectivity index (χ4v) is 2.43. The molecule has 1 N–H and O–H groups in total. The Labute approximate surface area is 119 Å². The van der Waals surface area contributed by atoms with E-state index in [-0.39, 0.29) is 11.7 Å². The van der Waals surface area contributed by atoms with E-state index in [4.69, 9.17) is 14.6 Å². The van der Waals surface area contributed by atoms with Crippen molar-refractivity contribution in [1.29, 1.82) is 0 Å². The number of aryl methyl sites for hydroxylation is 2. The molecule has 0 bridgehead atoms. The summed E-state index contributed by atoms with van der Waals surface area (Å²) in [5.74, 6) is 0.704. The summed E-state index contributed by atoms with van der Waals surface area (Å²) in [4.78, 5) is 11.5. The maximum Gasteiger partial charge on any atom is 0.217 e. The molecule has 0 aliphatic rings. The molecule has 0 spiro atoms. The van der Waals surface area contributed by atoms with Gasteiger partial charge in [-0.05, 0) is 31.9 Å². The van der Waals surface area contributed by atoms with Crippen molar-refractivity contribution in [2.45, 2.75) is 20.8 Å². The highest BCUT2D eigenvalue weighted by atomic mass is 32.1. The first-order valence-corrected chi connectivity index (χ1v) is 6.59. The van der Waals surface area contributed by atoms with Gasteiger partial charge >= 0.3 is 0 Å². The predicted molar refractivity (Wildman–Crippen MR) is 77.4 cm³/mol. The second kappa shape index (κ2) is 7.53. The Bertz CT molecular complexity index is 457. The molecule has 0 aliphatic heterocycles. The summed E-state index contributed by atoms with van der Waals surface area (Å²) in [6, 6.07) is 1.92. The Hall–Kier alpha value is -1.04. The monoisotopic (exact) mass is 284 g/mol. The van der Waals surface area contributed by atoms with Gasteiger partial charge < -0.3 is 14.6 Å². The number of rotatable bonds is 7. The summed E-state index contributed by atoms with van der Waals surface area (Å²) in [6.07, 6.45) is 0. The average molecular weight is 284 g/mol. The van der Waals surface area contributed by atoms with Crippen LogP contribution in [0.3, 0.4) is 0 Å². The number of thiol groups is 1. The summed E-state index contributed by atoms with van der Waals surface area (Å²) < 4.78 is 10.8. The maximum atomic E-state index is 11.5. The van der Waals surface area contributed by atoms with Crippen LogP contribution in [-0.2, 0) is 4.74 Å². The molecule has 1 aromatic carbocycles. The SMILES string of the molecule is Cc1cc(C)c(C(=O)S)c(C)c1OCCOCCO. The third kappa shape index (κ3) is 4.23. The normalized spacial score (nSPS) is 10.6. The number of ether oxygens (including phenoxy) is 2. The lowest BCUT2D eigenvalue weighted by Crippen LogP contribution is -2.11. The molecule has 0 fully saturated rings. The first-order valence-electron chi connectivity index (χ1n) is 6.14. The van der Waals surface area contributed by atoms with Gasteiger partial charge in [0.25, 0.3) is 0 Å². The zero-order valence-corrected chi connectivity index (χ0v) is 12.4. The van der Waals surface area contributed by atoms with Crippen LogP contribution in [0, 0.1) is 20.8 Å². The second-order valence-electron chi connectivity index (χ2n) is 4.33. The van der Waals surface area contributed by atoms with Gasteiger partial charge in [-0.25, -0.2) is 0 Å². The molecule has 0 aliphatic carbocycles.